The van der Waals surface area contributed by atoms with E-state index in [1.54, 1.807) is 14.2 Å². The lowest BCUT2D eigenvalue weighted by Crippen LogP contribution is -2.87. The molecule has 0 aliphatic carbocycles. The zero-order chi connectivity index (χ0) is 14.8. The van der Waals surface area contributed by atoms with Crippen LogP contribution in [0.2, 0.25) is 5.02 Å². The molecule has 0 fully saturated rings. The predicted molar refractivity (Wildman–Crippen MR) is 83.3 cm³/mol. The second kappa shape index (κ2) is 5.96. The highest BCUT2D eigenvalue weighted by Crippen LogP contribution is 2.35. The Morgan fingerprint density at radius 3 is 2.38 bits per heavy atom. The molecule has 0 unspecified atom stereocenters. The zero-order valence-electron chi connectivity index (χ0n) is 12.2. The molecule has 0 saturated heterocycles. The number of halogens is 1. The lowest BCUT2D eigenvalue weighted by molar-refractivity contribution is -0.690. The topological polar surface area (TPSA) is 35.1 Å². The monoisotopic (exact) mass is 304 g/mol. The zero-order valence-corrected chi connectivity index (χ0v) is 13.0. The van der Waals surface area contributed by atoms with Crippen LogP contribution in [-0.2, 0) is 6.42 Å². The maximum Gasteiger partial charge on any atom is 0.161 e. The lowest BCUT2D eigenvalue weighted by Gasteiger charge is -2.25. The van der Waals surface area contributed by atoms with E-state index in [1.807, 2.05) is 12.1 Å². The minimum Gasteiger partial charge on any atom is -0.493 e. The third-order valence-electron chi connectivity index (χ3n) is 4.03. The van der Waals surface area contributed by atoms with Crippen LogP contribution in [0.5, 0.6) is 11.5 Å². The van der Waals surface area contributed by atoms with Gasteiger partial charge in [0.1, 0.15) is 6.04 Å². The molecule has 0 amide bonds. The molecule has 0 radical (unpaired) electrons. The average molecular weight is 305 g/mol. The van der Waals surface area contributed by atoms with Crippen molar-refractivity contribution in [3.63, 3.8) is 0 Å². The quantitative estimate of drug-likeness (QED) is 0.946. The van der Waals surface area contributed by atoms with Gasteiger partial charge in [-0.1, -0.05) is 23.7 Å². The van der Waals surface area contributed by atoms with Crippen molar-refractivity contribution in [3.05, 3.63) is 58.1 Å². The van der Waals surface area contributed by atoms with E-state index in [2.05, 4.69) is 29.6 Å². The van der Waals surface area contributed by atoms with Crippen LogP contribution in [0.3, 0.4) is 0 Å². The summed E-state index contributed by atoms with van der Waals surface area (Å²) in [7, 11) is 3.35. The Morgan fingerprint density at radius 1 is 1.05 bits per heavy atom. The molecule has 2 aromatic carbocycles. The summed E-state index contributed by atoms with van der Waals surface area (Å²) in [6, 6.07) is 12.6. The van der Waals surface area contributed by atoms with E-state index >= 15 is 0 Å². The van der Waals surface area contributed by atoms with E-state index in [4.69, 9.17) is 21.1 Å². The van der Waals surface area contributed by atoms with Crippen molar-refractivity contribution in [2.24, 2.45) is 0 Å². The number of methoxy groups -OCH3 is 2. The number of benzene rings is 2. The normalized spacial score (nSPS) is 17.2. The van der Waals surface area contributed by atoms with E-state index < -0.39 is 0 Å². The Hall–Kier alpha value is -1.71. The van der Waals surface area contributed by atoms with Gasteiger partial charge in [-0.3, -0.25) is 0 Å². The highest BCUT2D eigenvalue weighted by molar-refractivity contribution is 6.30. The van der Waals surface area contributed by atoms with Crippen molar-refractivity contribution in [2.75, 3.05) is 20.8 Å². The fourth-order valence-electron chi connectivity index (χ4n) is 2.96. The Labute approximate surface area is 129 Å². The van der Waals surface area contributed by atoms with Gasteiger partial charge in [-0.05, 0) is 29.8 Å². The van der Waals surface area contributed by atoms with Crippen molar-refractivity contribution in [1.82, 2.24) is 0 Å². The lowest BCUT2D eigenvalue weighted by atomic mass is 9.89. The molecule has 110 valence electrons. The first-order valence-corrected chi connectivity index (χ1v) is 7.44. The summed E-state index contributed by atoms with van der Waals surface area (Å²) in [5, 5.41) is 3.12. The van der Waals surface area contributed by atoms with Crippen molar-refractivity contribution in [3.8, 4) is 11.5 Å². The van der Waals surface area contributed by atoms with E-state index in [-0.39, 0.29) is 6.04 Å². The molecule has 1 aliphatic heterocycles. The SMILES string of the molecule is COc1cc2c(cc1OC)[C@@H](c1ccc(Cl)cc1)[NH2+]CC2. The van der Waals surface area contributed by atoms with Gasteiger partial charge in [0, 0.05) is 22.6 Å². The first-order valence-electron chi connectivity index (χ1n) is 7.06. The maximum atomic E-state index is 5.99. The molecular weight excluding hydrogens is 286 g/mol. The summed E-state index contributed by atoms with van der Waals surface area (Å²) in [5.74, 6) is 1.58. The summed E-state index contributed by atoms with van der Waals surface area (Å²) in [5.41, 5.74) is 3.88. The van der Waals surface area contributed by atoms with Gasteiger partial charge in [-0.15, -0.1) is 0 Å². The van der Waals surface area contributed by atoms with Crippen LogP contribution in [0.1, 0.15) is 22.7 Å². The van der Waals surface area contributed by atoms with E-state index in [9.17, 15) is 0 Å². The smallest absolute Gasteiger partial charge is 0.161 e. The highest BCUT2D eigenvalue weighted by atomic mass is 35.5. The minimum absolute atomic E-state index is 0.283. The van der Waals surface area contributed by atoms with Gasteiger partial charge in [0.25, 0.3) is 0 Å². The molecule has 1 heterocycles. The molecule has 0 saturated carbocycles. The molecule has 3 nitrogen and oxygen atoms in total. The molecule has 2 aromatic rings. The first-order chi connectivity index (χ1) is 10.2. The summed E-state index contributed by atoms with van der Waals surface area (Å²) in [6.07, 6.45) is 1.04. The molecule has 1 aliphatic rings. The highest BCUT2D eigenvalue weighted by Gasteiger charge is 2.27. The van der Waals surface area contributed by atoms with E-state index in [0.717, 1.165) is 29.5 Å². The minimum atomic E-state index is 0.283. The van der Waals surface area contributed by atoms with Gasteiger partial charge in [-0.2, -0.15) is 0 Å². The second-order valence-electron chi connectivity index (χ2n) is 5.21. The summed E-state index contributed by atoms with van der Waals surface area (Å²) in [4.78, 5) is 0. The fraction of sp³-hybridized carbons (Fsp3) is 0.294. The predicted octanol–water partition coefficient (Wildman–Crippen LogP) is 2.57. The fourth-order valence-corrected chi connectivity index (χ4v) is 3.09. The van der Waals surface area contributed by atoms with Gasteiger partial charge in [0.2, 0.25) is 0 Å². The van der Waals surface area contributed by atoms with Gasteiger partial charge < -0.3 is 14.8 Å². The number of hydrogen-bond acceptors (Lipinski definition) is 2. The largest absolute Gasteiger partial charge is 0.493 e. The van der Waals surface area contributed by atoms with Crippen LogP contribution in [0, 0.1) is 0 Å². The van der Waals surface area contributed by atoms with Crippen LogP contribution in [0.15, 0.2) is 36.4 Å². The van der Waals surface area contributed by atoms with Crippen LogP contribution in [0.25, 0.3) is 0 Å². The molecule has 4 heteroatoms. The van der Waals surface area contributed by atoms with Crippen LogP contribution in [0.4, 0.5) is 0 Å². The van der Waals surface area contributed by atoms with Crippen LogP contribution in [-0.4, -0.2) is 20.8 Å². The van der Waals surface area contributed by atoms with Gasteiger partial charge in [0.15, 0.2) is 11.5 Å². The van der Waals surface area contributed by atoms with E-state index in [1.165, 1.54) is 16.7 Å². The summed E-state index contributed by atoms with van der Waals surface area (Å²) in [6.45, 7) is 1.07. The van der Waals surface area contributed by atoms with Gasteiger partial charge in [0.05, 0.1) is 20.8 Å². The molecule has 3 rings (SSSR count). The average Bonchev–Trinajstić information content (AvgIpc) is 2.53. The standard InChI is InChI=1S/C17H18ClNO2/c1-20-15-9-12-7-8-19-17(14(12)10-16(15)21-2)11-3-5-13(18)6-4-11/h3-6,9-10,17,19H,7-8H2,1-2H3/p+1/t17-/m1/s1. The number of ether oxygens (including phenoxy) is 2. The van der Waals surface area contributed by atoms with Gasteiger partial charge >= 0.3 is 0 Å². The number of quaternary nitrogens is 1. The number of rotatable bonds is 3. The third kappa shape index (κ3) is 2.71. The summed E-state index contributed by atoms with van der Waals surface area (Å²) >= 11 is 5.99. The van der Waals surface area contributed by atoms with Crippen LogP contribution >= 0.6 is 11.6 Å². The van der Waals surface area contributed by atoms with E-state index in [0.29, 0.717) is 0 Å². The Kier molecular flexibility index (Phi) is 4.04. The Balaban J connectivity index is 2.06. The van der Waals surface area contributed by atoms with Crippen molar-refractivity contribution in [2.45, 2.75) is 12.5 Å². The molecule has 21 heavy (non-hydrogen) atoms. The first kappa shape index (κ1) is 14.2. The summed E-state index contributed by atoms with van der Waals surface area (Å²) < 4.78 is 10.9. The van der Waals surface area contributed by atoms with Gasteiger partial charge in [-0.25, -0.2) is 0 Å². The Morgan fingerprint density at radius 2 is 1.71 bits per heavy atom. The maximum absolute atomic E-state index is 5.99. The second-order valence-corrected chi connectivity index (χ2v) is 5.65. The molecule has 0 bridgehead atoms. The van der Waals surface area contributed by atoms with Crippen LogP contribution < -0.4 is 14.8 Å². The van der Waals surface area contributed by atoms with Crippen molar-refractivity contribution >= 4 is 11.6 Å². The molecule has 2 N–H and O–H groups in total. The Bertz CT molecular complexity index is 640. The number of fused-ring (bicyclic) bond motifs is 1. The molecule has 0 spiro atoms. The van der Waals surface area contributed by atoms with Crippen molar-refractivity contribution in [1.29, 1.82) is 0 Å². The number of nitrogens with two attached hydrogens (primary N) is 1. The molecule has 0 aromatic heterocycles. The molecular formula is C17H19ClNO2+. The third-order valence-corrected chi connectivity index (χ3v) is 4.28. The van der Waals surface area contributed by atoms with Crippen molar-refractivity contribution < 1.29 is 14.8 Å². The number of hydrogen-bond donors (Lipinski definition) is 1. The molecule has 1 atom stereocenters.